The number of phosphoric acid groups is 1. The zero-order chi connectivity index (χ0) is 73.0. The predicted octanol–water partition coefficient (Wildman–Crippen LogP) is 17.7. The minimum absolute atomic E-state index is 0.124. The van der Waals surface area contributed by atoms with Crippen molar-refractivity contribution in [2.45, 2.75) is 437 Å². The number of phosphoric ester groups is 1. The summed E-state index contributed by atoms with van der Waals surface area (Å²) in [5.41, 5.74) is 0. The molecule has 0 radical (unpaired) electrons. The molecule has 0 bridgehead atoms. The Kier molecular flexibility index (Phi) is 59.2. The van der Waals surface area contributed by atoms with Gasteiger partial charge in [0.2, 0.25) is 11.8 Å². The van der Waals surface area contributed by atoms with Gasteiger partial charge in [-0.25, -0.2) is 9.36 Å². The largest absolute Gasteiger partial charge is 0.480 e. The lowest BCUT2D eigenvalue weighted by Gasteiger charge is -2.45. The highest BCUT2D eigenvalue weighted by molar-refractivity contribution is 7.46. The van der Waals surface area contributed by atoms with E-state index in [2.05, 4.69) is 45.3 Å². The molecule has 1 heterocycles. The van der Waals surface area contributed by atoms with E-state index < -0.39 is 131 Å². The topological polar surface area (TPSA) is 306 Å². The Bertz CT molecular complexity index is 2100. The highest BCUT2D eigenvalue weighted by atomic mass is 31.2. The third-order valence-corrected chi connectivity index (χ3v) is 19.2. The van der Waals surface area contributed by atoms with Crippen LogP contribution in [0.25, 0.3) is 0 Å². The molecular weight excluding hydrogens is 1290 g/mol. The number of hydrogen-bond donors (Lipinski definition) is 6. The van der Waals surface area contributed by atoms with Crippen LogP contribution in [0.4, 0.5) is 0 Å². The Morgan fingerprint density at radius 2 is 0.727 bits per heavy atom. The summed E-state index contributed by atoms with van der Waals surface area (Å²) in [5, 5.41) is 26.8. The van der Waals surface area contributed by atoms with Gasteiger partial charge >= 0.3 is 37.7 Å². The second-order valence-corrected chi connectivity index (χ2v) is 29.3. The van der Waals surface area contributed by atoms with Gasteiger partial charge in [-0.1, -0.05) is 286 Å². The van der Waals surface area contributed by atoms with Crippen molar-refractivity contribution in [3.05, 3.63) is 0 Å². The smallest absolute Gasteiger partial charge is 0.470 e. The van der Waals surface area contributed by atoms with Crippen molar-refractivity contribution in [1.82, 2.24) is 10.6 Å². The molecule has 99 heavy (non-hydrogen) atoms. The van der Waals surface area contributed by atoms with E-state index in [9.17, 15) is 58.1 Å². The molecule has 2 amide bonds. The van der Waals surface area contributed by atoms with Crippen LogP contribution >= 0.6 is 7.82 Å². The number of carbonyl (C=O) groups excluding carboxylic acids is 6. The first-order valence-corrected chi connectivity index (χ1v) is 41.6. The van der Waals surface area contributed by atoms with Crippen LogP contribution in [0.15, 0.2) is 0 Å². The number of aliphatic carboxylic acids is 1. The van der Waals surface area contributed by atoms with Crippen molar-refractivity contribution in [3.8, 4) is 0 Å². The van der Waals surface area contributed by atoms with E-state index in [0.717, 1.165) is 199 Å². The van der Waals surface area contributed by atoms with E-state index in [1.807, 2.05) is 6.92 Å². The predicted molar refractivity (Wildman–Crippen MR) is 388 cm³/mol. The van der Waals surface area contributed by atoms with Gasteiger partial charge in [0.25, 0.3) is 0 Å². The summed E-state index contributed by atoms with van der Waals surface area (Å²) >= 11 is 0. The van der Waals surface area contributed by atoms with Gasteiger partial charge in [0.15, 0.2) is 18.4 Å². The first kappa shape index (κ1) is 93.3. The number of carbonyl (C=O) groups is 7. The summed E-state index contributed by atoms with van der Waals surface area (Å²) in [6.45, 7) is 10.9. The minimum atomic E-state index is -5.56. The number of rotatable bonds is 69. The van der Waals surface area contributed by atoms with E-state index in [1.165, 1.54) is 44.9 Å². The van der Waals surface area contributed by atoms with Crippen LogP contribution in [0.1, 0.15) is 382 Å². The zero-order valence-electron chi connectivity index (χ0n) is 62.9. The number of unbranched alkanes of at least 4 members (excludes halogenated alkanes) is 38. The Labute approximate surface area is 598 Å². The number of carboxylic acid groups (broad SMARTS) is 1. The third-order valence-electron chi connectivity index (χ3n) is 18.7. The lowest BCUT2D eigenvalue weighted by Crippen LogP contribution is -2.66. The van der Waals surface area contributed by atoms with Crippen LogP contribution in [0.5, 0.6) is 0 Å². The van der Waals surface area contributed by atoms with Crippen LogP contribution in [0.2, 0.25) is 0 Å². The molecular formula is C77H143N2O19P. The van der Waals surface area contributed by atoms with Gasteiger partial charge < -0.3 is 59.1 Å². The monoisotopic (exact) mass is 1430 g/mol. The standard InChI is InChI=1S/C77H143N2O19P/c1-7-13-19-24-29-32-37-40-46-51-62(93-69(83)54-45-18-12-6)57-67(81)78-65(76(87)88)61-92-77-73(79-68(82)58-63(52-47-41-38-33-30-25-20-14-8-2)94-70(84)55-49-43-35-27-22-16-10-4)75(74(66(60-80)96-77)98-99(89,90)91)97-72(86)59-64(53-48-42-39-34-31-26-21-15-9-3)95-71(85)56-50-44-36-28-23-17-11-5/h62-66,73-75,77,80H,7-61H2,1-6H3,(H,78,81)(H,79,82)(H,87,88)(H2,89,90,91)/t62-,63-,64-,65+,66-,73-,74-,75-,77?/m1/s1. The molecule has 21 nitrogen and oxygen atoms in total. The number of ether oxygens (including phenoxy) is 6. The maximum Gasteiger partial charge on any atom is 0.470 e. The molecule has 1 aliphatic rings. The summed E-state index contributed by atoms with van der Waals surface area (Å²) < 4.78 is 54.6. The number of nitrogens with one attached hydrogen (secondary N) is 2. The lowest BCUT2D eigenvalue weighted by molar-refractivity contribution is -0.272. The maximum absolute atomic E-state index is 14.8. The molecule has 22 heteroatoms. The van der Waals surface area contributed by atoms with E-state index >= 15 is 0 Å². The van der Waals surface area contributed by atoms with Crippen LogP contribution < -0.4 is 10.6 Å². The summed E-state index contributed by atoms with van der Waals surface area (Å²) in [6.07, 6.45) is 33.4. The van der Waals surface area contributed by atoms with E-state index in [0.29, 0.717) is 51.4 Å². The van der Waals surface area contributed by atoms with Gasteiger partial charge in [0.1, 0.15) is 36.6 Å². The molecule has 0 aromatic rings. The molecule has 1 saturated heterocycles. The molecule has 1 rings (SSSR count). The third kappa shape index (κ3) is 52.0. The number of carboxylic acids is 1. The van der Waals surface area contributed by atoms with Crippen molar-refractivity contribution in [1.29, 1.82) is 0 Å². The Morgan fingerprint density at radius 1 is 0.414 bits per heavy atom. The maximum atomic E-state index is 14.8. The Morgan fingerprint density at radius 3 is 1.07 bits per heavy atom. The van der Waals surface area contributed by atoms with Crippen LogP contribution in [0.3, 0.4) is 0 Å². The SMILES string of the molecule is CCCCCCCCCCC[C@H](CC(=O)N[C@@H](COC1O[C@H](CO)[C@@H](OP(=O)(O)O)[C@H](OC(=O)C[C@@H](CCCCCCCCCCC)OC(=O)CCCCCCCCC)[C@H]1NC(=O)C[C@@H](CCCCCCCCCCC)OC(=O)CCCCCCCCC)C(=O)O)OC(=O)CCCCC. The molecule has 0 aromatic carbocycles. The summed E-state index contributed by atoms with van der Waals surface area (Å²) in [4.78, 5) is 117. The van der Waals surface area contributed by atoms with Gasteiger partial charge in [-0.3, -0.25) is 33.3 Å². The summed E-state index contributed by atoms with van der Waals surface area (Å²) in [7, 11) is -5.56. The van der Waals surface area contributed by atoms with Crippen molar-refractivity contribution in [3.63, 3.8) is 0 Å². The molecule has 0 saturated carbocycles. The molecule has 6 N–H and O–H groups in total. The molecule has 0 spiro atoms. The van der Waals surface area contributed by atoms with Gasteiger partial charge in [-0.05, 0) is 57.8 Å². The van der Waals surface area contributed by atoms with Crippen molar-refractivity contribution in [2.24, 2.45) is 0 Å². The first-order chi connectivity index (χ1) is 47.8. The second-order valence-electron chi connectivity index (χ2n) is 28.1. The number of esters is 4. The van der Waals surface area contributed by atoms with Crippen molar-refractivity contribution in [2.75, 3.05) is 13.2 Å². The van der Waals surface area contributed by atoms with Gasteiger partial charge in [-0.2, -0.15) is 0 Å². The van der Waals surface area contributed by atoms with Crippen molar-refractivity contribution >= 4 is 49.5 Å². The van der Waals surface area contributed by atoms with E-state index in [4.69, 9.17) is 32.9 Å². The average molecular weight is 1430 g/mol. The fourth-order valence-corrected chi connectivity index (χ4v) is 13.4. The minimum Gasteiger partial charge on any atom is -0.480 e. The molecule has 1 fully saturated rings. The zero-order valence-corrected chi connectivity index (χ0v) is 63.8. The number of aliphatic hydroxyl groups is 1. The average Bonchev–Trinajstić information content (AvgIpc) is 0.781. The molecule has 9 atom stereocenters. The normalized spacial score (nSPS) is 17.5. The summed E-state index contributed by atoms with van der Waals surface area (Å²) in [6, 6.07) is -3.59. The molecule has 0 aromatic heterocycles. The van der Waals surface area contributed by atoms with E-state index in [1.54, 1.807) is 0 Å². The lowest BCUT2D eigenvalue weighted by atomic mass is 9.95. The highest BCUT2D eigenvalue weighted by Gasteiger charge is 2.52. The number of aliphatic hydroxyl groups excluding tert-OH is 1. The first-order valence-electron chi connectivity index (χ1n) is 40.1. The fraction of sp³-hybridized carbons (Fsp3) is 0.909. The highest BCUT2D eigenvalue weighted by Crippen LogP contribution is 2.42. The molecule has 1 unspecified atom stereocenters. The fourth-order valence-electron chi connectivity index (χ4n) is 12.8. The number of hydrogen-bond acceptors (Lipinski definition) is 16. The van der Waals surface area contributed by atoms with Gasteiger partial charge in [-0.15, -0.1) is 0 Å². The second kappa shape index (κ2) is 62.8. The Balaban J connectivity index is 3.84. The number of amides is 2. The van der Waals surface area contributed by atoms with Crippen molar-refractivity contribution < 1.29 is 91.1 Å². The van der Waals surface area contributed by atoms with Crippen LogP contribution in [-0.2, 0) is 71.1 Å². The summed E-state index contributed by atoms with van der Waals surface area (Å²) in [5.74, 6) is -5.57. The van der Waals surface area contributed by atoms with Gasteiger partial charge in [0.05, 0.1) is 32.5 Å². The van der Waals surface area contributed by atoms with Gasteiger partial charge in [0, 0.05) is 19.3 Å². The van der Waals surface area contributed by atoms with Crippen LogP contribution in [0, 0.1) is 0 Å². The Hall–Kier alpha value is -3.72. The molecule has 0 aliphatic carbocycles. The quantitative estimate of drug-likeness (QED) is 0.0143. The van der Waals surface area contributed by atoms with Crippen LogP contribution in [-0.4, -0.2) is 130 Å². The molecule has 1 aliphatic heterocycles. The van der Waals surface area contributed by atoms with E-state index in [-0.39, 0.29) is 32.1 Å². The molecule has 580 valence electrons.